The topological polar surface area (TPSA) is 88.9 Å². The number of hydrogen-bond donors (Lipinski definition) is 1. The molecule has 0 bridgehead atoms. The van der Waals surface area contributed by atoms with Gasteiger partial charge in [-0.05, 0) is 38.7 Å². The first-order valence-electron chi connectivity index (χ1n) is 8.65. The van der Waals surface area contributed by atoms with E-state index < -0.39 is 0 Å². The highest BCUT2D eigenvalue weighted by atomic mass is 16.5. The number of rotatable bonds is 4. The number of aromatic nitrogens is 5. The van der Waals surface area contributed by atoms with Gasteiger partial charge >= 0.3 is 0 Å². The molecule has 0 spiro atoms. The van der Waals surface area contributed by atoms with Crippen LogP contribution in [-0.2, 0) is 11.3 Å². The monoisotopic (exact) mass is 330 g/mol. The predicted octanol–water partition coefficient (Wildman–Crippen LogP) is 1.57. The van der Waals surface area contributed by atoms with Crippen molar-refractivity contribution in [3.8, 4) is 0 Å². The Morgan fingerprint density at radius 2 is 2.21 bits per heavy atom. The van der Waals surface area contributed by atoms with E-state index in [4.69, 9.17) is 4.74 Å². The first kappa shape index (κ1) is 15.3. The average molecular weight is 330 g/mol. The molecule has 1 N–H and O–H groups in total. The van der Waals surface area contributed by atoms with Crippen molar-refractivity contribution in [1.29, 1.82) is 0 Å². The Bertz CT molecular complexity index is 744. The third-order valence-corrected chi connectivity index (χ3v) is 4.85. The van der Waals surface area contributed by atoms with Crippen LogP contribution in [0.25, 0.3) is 0 Å². The molecule has 0 saturated carbocycles. The SMILES string of the molecule is CCn1c([C@H]2CCCO2)nnc1N1CCCC1c1ccc(=O)[nH]n1. The molecule has 0 radical (unpaired) electrons. The van der Waals surface area contributed by atoms with Gasteiger partial charge in [-0.25, -0.2) is 5.10 Å². The zero-order chi connectivity index (χ0) is 16.5. The summed E-state index contributed by atoms with van der Waals surface area (Å²) < 4.78 is 7.94. The Kier molecular flexibility index (Phi) is 4.05. The van der Waals surface area contributed by atoms with E-state index in [2.05, 4.69) is 36.8 Å². The second kappa shape index (κ2) is 6.35. The van der Waals surface area contributed by atoms with Gasteiger partial charge in [0, 0.05) is 25.8 Å². The number of hydrogen-bond acceptors (Lipinski definition) is 6. The van der Waals surface area contributed by atoms with Gasteiger partial charge in [0.1, 0.15) is 6.10 Å². The number of nitrogens with one attached hydrogen (secondary N) is 1. The quantitative estimate of drug-likeness (QED) is 0.915. The lowest BCUT2D eigenvalue weighted by atomic mass is 10.1. The maximum Gasteiger partial charge on any atom is 0.264 e. The summed E-state index contributed by atoms with van der Waals surface area (Å²) in [4.78, 5) is 13.5. The van der Waals surface area contributed by atoms with Crippen molar-refractivity contribution in [2.75, 3.05) is 18.1 Å². The van der Waals surface area contributed by atoms with E-state index >= 15 is 0 Å². The first-order chi connectivity index (χ1) is 11.8. The van der Waals surface area contributed by atoms with Crippen LogP contribution in [0.5, 0.6) is 0 Å². The molecule has 8 nitrogen and oxygen atoms in total. The van der Waals surface area contributed by atoms with Gasteiger partial charge in [0.05, 0.1) is 11.7 Å². The molecule has 8 heteroatoms. The highest BCUT2D eigenvalue weighted by Gasteiger charge is 2.33. The van der Waals surface area contributed by atoms with Gasteiger partial charge in [-0.2, -0.15) is 5.10 Å². The molecule has 1 unspecified atom stereocenters. The Hall–Kier alpha value is -2.22. The molecule has 2 saturated heterocycles. The van der Waals surface area contributed by atoms with Gasteiger partial charge in [0.15, 0.2) is 5.82 Å². The van der Waals surface area contributed by atoms with Crippen molar-refractivity contribution in [3.05, 3.63) is 34.0 Å². The minimum Gasteiger partial charge on any atom is -0.370 e. The van der Waals surface area contributed by atoms with Crippen molar-refractivity contribution in [3.63, 3.8) is 0 Å². The second-order valence-electron chi connectivity index (χ2n) is 6.30. The Morgan fingerprint density at radius 1 is 1.29 bits per heavy atom. The van der Waals surface area contributed by atoms with E-state index in [1.165, 1.54) is 6.07 Å². The van der Waals surface area contributed by atoms with Crippen LogP contribution in [0, 0.1) is 0 Å². The number of nitrogens with zero attached hydrogens (tertiary/aromatic N) is 5. The summed E-state index contributed by atoms with van der Waals surface area (Å²) in [5.41, 5.74) is 0.692. The predicted molar refractivity (Wildman–Crippen MR) is 87.8 cm³/mol. The summed E-state index contributed by atoms with van der Waals surface area (Å²) in [6.45, 7) is 4.62. The zero-order valence-corrected chi connectivity index (χ0v) is 13.8. The molecule has 0 amide bonds. The van der Waals surface area contributed by atoms with Gasteiger partial charge < -0.3 is 9.64 Å². The van der Waals surface area contributed by atoms with Gasteiger partial charge in [-0.15, -0.1) is 10.2 Å². The van der Waals surface area contributed by atoms with Crippen LogP contribution < -0.4 is 10.5 Å². The van der Waals surface area contributed by atoms with Crippen molar-refractivity contribution in [1.82, 2.24) is 25.0 Å². The van der Waals surface area contributed by atoms with Crippen molar-refractivity contribution in [2.24, 2.45) is 0 Å². The summed E-state index contributed by atoms with van der Waals surface area (Å²) >= 11 is 0. The van der Waals surface area contributed by atoms with E-state index in [0.29, 0.717) is 0 Å². The molecule has 2 aliphatic heterocycles. The number of anilines is 1. The average Bonchev–Trinajstić information content (AvgIpc) is 3.33. The van der Waals surface area contributed by atoms with E-state index in [-0.39, 0.29) is 17.7 Å². The van der Waals surface area contributed by atoms with Crippen molar-refractivity contribution < 1.29 is 4.74 Å². The summed E-state index contributed by atoms with van der Waals surface area (Å²) in [5.74, 6) is 1.79. The summed E-state index contributed by atoms with van der Waals surface area (Å²) in [7, 11) is 0. The molecule has 0 aliphatic carbocycles. The molecular formula is C16H22N6O2. The lowest BCUT2D eigenvalue weighted by Crippen LogP contribution is -2.27. The highest BCUT2D eigenvalue weighted by Crippen LogP contribution is 2.36. The van der Waals surface area contributed by atoms with Crippen LogP contribution in [0.4, 0.5) is 5.95 Å². The van der Waals surface area contributed by atoms with Gasteiger partial charge in [0.2, 0.25) is 5.95 Å². The molecule has 2 aromatic heterocycles. The smallest absolute Gasteiger partial charge is 0.264 e. The standard InChI is InChI=1S/C16H22N6O2/c1-2-21-15(13-6-4-10-24-13)19-20-16(21)22-9-3-5-12(22)11-7-8-14(23)18-17-11/h7-8,12-13H,2-6,9-10H2,1H3,(H,18,23)/t12?,13-/m1/s1. The highest BCUT2D eigenvalue weighted by molar-refractivity contribution is 5.37. The summed E-state index contributed by atoms with van der Waals surface area (Å²) in [5, 5.41) is 15.6. The minimum atomic E-state index is -0.180. The summed E-state index contributed by atoms with van der Waals surface area (Å²) in [6.07, 6.45) is 4.19. The number of ether oxygens (including phenoxy) is 1. The molecule has 4 heterocycles. The molecule has 2 fully saturated rings. The van der Waals surface area contributed by atoms with Crippen LogP contribution in [0.2, 0.25) is 0 Å². The van der Waals surface area contributed by atoms with Crippen LogP contribution in [0.3, 0.4) is 0 Å². The fourth-order valence-corrected chi connectivity index (χ4v) is 3.70. The van der Waals surface area contributed by atoms with E-state index in [1.54, 1.807) is 6.07 Å². The second-order valence-corrected chi connectivity index (χ2v) is 6.30. The number of H-pyrrole nitrogens is 1. The zero-order valence-electron chi connectivity index (χ0n) is 13.8. The number of aromatic amines is 1. The molecule has 2 aliphatic rings. The lowest BCUT2D eigenvalue weighted by Gasteiger charge is -2.25. The molecule has 0 aromatic carbocycles. The van der Waals surface area contributed by atoms with Crippen LogP contribution in [0.15, 0.2) is 16.9 Å². The Labute approximate surface area is 139 Å². The third kappa shape index (κ3) is 2.60. The van der Waals surface area contributed by atoms with Gasteiger partial charge in [-0.1, -0.05) is 0 Å². The molecule has 2 atom stereocenters. The van der Waals surface area contributed by atoms with Gasteiger partial charge in [-0.3, -0.25) is 9.36 Å². The Balaban J connectivity index is 1.66. The maximum atomic E-state index is 11.3. The molecular weight excluding hydrogens is 308 g/mol. The van der Waals surface area contributed by atoms with Gasteiger partial charge in [0.25, 0.3) is 5.56 Å². The van der Waals surface area contributed by atoms with Crippen LogP contribution >= 0.6 is 0 Å². The fourth-order valence-electron chi connectivity index (χ4n) is 3.70. The molecule has 2 aromatic rings. The Morgan fingerprint density at radius 3 is 2.92 bits per heavy atom. The van der Waals surface area contributed by atoms with Crippen LogP contribution in [0.1, 0.15) is 56.3 Å². The summed E-state index contributed by atoms with van der Waals surface area (Å²) in [6, 6.07) is 3.45. The maximum absolute atomic E-state index is 11.3. The molecule has 4 rings (SSSR count). The van der Waals surface area contributed by atoms with Crippen molar-refractivity contribution in [2.45, 2.75) is 51.3 Å². The third-order valence-electron chi connectivity index (χ3n) is 4.85. The minimum absolute atomic E-state index is 0.0541. The normalized spacial score (nSPS) is 24.0. The fraction of sp³-hybridized carbons (Fsp3) is 0.625. The van der Waals surface area contributed by atoms with Crippen molar-refractivity contribution >= 4 is 5.95 Å². The lowest BCUT2D eigenvalue weighted by molar-refractivity contribution is 0.102. The van der Waals surface area contributed by atoms with E-state index in [0.717, 1.165) is 62.8 Å². The first-order valence-corrected chi connectivity index (χ1v) is 8.65. The van der Waals surface area contributed by atoms with E-state index in [1.807, 2.05) is 0 Å². The van der Waals surface area contributed by atoms with E-state index in [9.17, 15) is 4.79 Å². The molecule has 128 valence electrons. The van der Waals surface area contributed by atoms with Crippen LogP contribution in [-0.4, -0.2) is 38.1 Å². The largest absolute Gasteiger partial charge is 0.370 e. The molecule has 24 heavy (non-hydrogen) atoms.